The zero-order valence-electron chi connectivity index (χ0n) is 14.2. The van der Waals surface area contributed by atoms with Crippen molar-refractivity contribution < 1.29 is 0 Å². The van der Waals surface area contributed by atoms with Crippen LogP contribution < -0.4 is 10.6 Å². The number of fused-ring (bicyclic) bond motifs is 1. The number of nitrogens with zero attached hydrogens (tertiary/aromatic N) is 2. The third-order valence-corrected chi connectivity index (χ3v) is 4.06. The Balaban J connectivity index is 1.57. The number of para-hydroxylation sites is 1. The molecular weight excluding hydrogens is 334 g/mol. The van der Waals surface area contributed by atoms with Crippen molar-refractivity contribution in [2.75, 3.05) is 13.1 Å². The zero-order valence-corrected chi connectivity index (χ0v) is 15.0. The quantitative estimate of drug-likeness (QED) is 0.360. The molecule has 3 rings (SSSR count). The van der Waals surface area contributed by atoms with Crippen LogP contribution in [0.2, 0.25) is 5.15 Å². The second kappa shape index (κ2) is 8.53. The van der Waals surface area contributed by atoms with E-state index in [1.807, 2.05) is 24.3 Å². The Bertz CT molecular complexity index is 805. The predicted molar refractivity (Wildman–Crippen MR) is 104 cm³/mol. The molecule has 0 atom stereocenters. The largest absolute Gasteiger partial charge is 0.357 e. The van der Waals surface area contributed by atoms with Crippen molar-refractivity contribution in [2.24, 2.45) is 4.99 Å². The van der Waals surface area contributed by atoms with Crippen LogP contribution in [0.15, 0.2) is 53.7 Å². The Kier molecular flexibility index (Phi) is 5.90. The summed E-state index contributed by atoms with van der Waals surface area (Å²) in [6, 6.07) is 14.2. The van der Waals surface area contributed by atoms with Gasteiger partial charge < -0.3 is 15.6 Å². The second-order valence-corrected chi connectivity index (χ2v) is 6.13. The zero-order chi connectivity index (χ0) is 17.5. The highest BCUT2D eigenvalue weighted by molar-refractivity contribution is 6.29. The molecule has 5 nitrogen and oxygen atoms in total. The molecule has 130 valence electrons. The topological polar surface area (TPSA) is 65.1 Å². The van der Waals surface area contributed by atoms with E-state index < -0.39 is 0 Å². The third kappa shape index (κ3) is 4.97. The summed E-state index contributed by atoms with van der Waals surface area (Å²) in [5.74, 6) is 0.808. The molecule has 0 spiro atoms. The summed E-state index contributed by atoms with van der Waals surface area (Å²) in [7, 11) is 0. The van der Waals surface area contributed by atoms with Crippen molar-refractivity contribution in [1.82, 2.24) is 20.6 Å². The van der Waals surface area contributed by atoms with E-state index >= 15 is 0 Å². The third-order valence-electron chi connectivity index (χ3n) is 3.83. The number of pyridine rings is 1. The van der Waals surface area contributed by atoms with Gasteiger partial charge in [-0.3, -0.25) is 0 Å². The van der Waals surface area contributed by atoms with Crippen LogP contribution in [0.5, 0.6) is 0 Å². The van der Waals surface area contributed by atoms with E-state index in [1.165, 1.54) is 5.39 Å². The molecule has 0 amide bonds. The average molecular weight is 356 g/mol. The normalized spacial score (nSPS) is 11.7. The summed E-state index contributed by atoms with van der Waals surface area (Å²) in [5.41, 5.74) is 3.38. The minimum absolute atomic E-state index is 0.518. The Hall–Kier alpha value is -2.53. The Morgan fingerprint density at radius 1 is 1.20 bits per heavy atom. The second-order valence-electron chi connectivity index (χ2n) is 5.74. The van der Waals surface area contributed by atoms with E-state index in [0.29, 0.717) is 11.7 Å². The first-order valence-electron chi connectivity index (χ1n) is 8.44. The highest BCUT2D eigenvalue weighted by atomic mass is 35.5. The lowest BCUT2D eigenvalue weighted by atomic mass is 10.2. The lowest BCUT2D eigenvalue weighted by Crippen LogP contribution is -2.38. The molecular formula is C19H22ClN5. The van der Waals surface area contributed by atoms with Crippen LogP contribution in [0, 0.1) is 0 Å². The van der Waals surface area contributed by atoms with Gasteiger partial charge in [-0.05, 0) is 42.5 Å². The molecule has 0 bridgehead atoms. The molecule has 0 radical (unpaired) electrons. The summed E-state index contributed by atoms with van der Waals surface area (Å²) in [6.07, 6.45) is 2.67. The van der Waals surface area contributed by atoms with Crippen molar-refractivity contribution >= 4 is 28.5 Å². The molecule has 2 aromatic heterocycles. The molecule has 6 heteroatoms. The van der Waals surface area contributed by atoms with Crippen LogP contribution >= 0.6 is 11.6 Å². The fraction of sp³-hybridized carbons (Fsp3) is 0.263. The van der Waals surface area contributed by atoms with E-state index in [9.17, 15) is 0 Å². The Morgan fingerprint density at radius 3 is 2.84 bits per heavy atom. The number of nitrogens with one attached hydrogen (secondary N) is 3. The van der Waals surface area contributed by atoms with Crippen molar-refractivity contribution in [2.45, 2.75) is 19.9 Å². The number of hydrogen-bond donors (Lipinski definition) is 3. The van der Waals surface area contributed by atoms with Crippen molar-refractivity contribution in [3.63, 3.8) is 0 Å². The van der Waals surface area contributed by atoms with Gasteiger partial charge in [0, 0.05) is 30.5 Å². The molecule has 25 heavy (non-hydrogen) atoms. The minimum atomic E-state index is 0.518. The Morgan fingerprint density at radius 2 is 2.08 bits per heavy atom. The van der Waals surface area contributed by atoms with E-state index in [2.05, 4.69) is 50.7 Å². The number of aromatic nitrogens is 2. The van der Waals surface area contributed by atoms with Crippen molar-refractivity contribution in [1.29, 1.82) is 0 Å². The lowest BCUT2D eigenvalue weighted by molar-refractivity contribution is 0.796. The number of hydrogen-bond acceptors (Lipinski definition) is 2. The van der Waals surface area contributed by atoms with Gasteiger partial charge in [-0.1, -0.05) is 35.9 Å². The van der Waals surface area contributed by atoms with Crippen molar-refractivity contribution in [3.8, 4) is 0 Å². The predicted octanol–water partition coefficient (Wildman–Crippen LogP) is 3.51. The minimum Gasteiger partial charge on any atom is -0.357 e. The Labute approximate surface area is 152 Å². The van der Waals surface area contributed by atoms with Gasteiger partial charge in [0.1, 0.15) is 5.15 Å². The molecule has 0 aliphatic rings. The highest BCUT2D eigenvalue weighted by Crippen LogP contribution is 2.15. The fourth-order valence-corrected chi connectivity index (χ4v) is 2.72. The first-order chi connectivity index (χ1) is 12.2. The van der Waals surface area contributed by atoms with E-state index in [4.69, 9.17) is 11.6 Å². The summed E-state index contributed by atoms with van der Waals surface area (Å²) < 4.78 is 0. The van der Waals surface area contributed by atoms with Crippen molar-refractivity contribution in [3.05, 3.63) is 65.1 Å². The fourth-order valence-electron chi connectivity index (χ4n) is 2.60. The summed E-state index contributed by atoms with van der Waals surface area (Å²) in [4.78, 5) is 12.1. The number of aromatic amines is 1. The molecule has 3 aromatic rings. The van der Waals surface area contributed by atoms with E-state index in [0.717, 1.165) is 42.2 Å². The van der Waals surface area contributed by atoms with Gasteiger partial charge in [0.25, 0.3) is 0 Å². The monoisotopic (exact) mass is 355 g/mol. The maximum atomic E-state index is 5.81. The number of rotatable bonds is 6. The van der Waals surface area contributed by atoms with Gasteiger partial charge in [0.2, 0.25) is 0 Å². The molecule has 0 saturated heterocycles. The first-order valence-corrected chi connectivity index (χ1v) is 8.81. The van der Waals surface area contributed by atoms with E-state index in [1.54, 1.807) is 6.20 Å². The van der Waals surface area contributed by atoms with Gasteiger partial charge >= 0.3 is 0 Å². The van der Waals surface area contributed by atoms with Gasteiger partial charge in [0.05, 0.1) is 6.54 Å². The first kappa shape index (κ1) is 17.3. The van der Waals surface area contributed by atoms with Crippen LogP contribution in [0.25, 0.3) is 10.9 Å². The summed E-state index contributed by atoms with van der Waals surface area (Å²) >= 11 is 5.81. The molecule has 0 fully saturated rings. The number of aliphatic imine (C=N–C) groups is 1. The van der Waals surface area contributed by atoms with Crippen LogP contribution in [0.3, 0.4) is 0 Å². The number of guanidine groups is 1. The maximum absolute atomic E-state index is 5.81. The smallest absolute Gasteiger partial charge is 0.191 e. The summed E-state index contributed by atoms with van der Waals surface area (Å²) in [6.45, 7) is 4.26. The SMILES string of the molecule is CCNC(=NCc1cc2ccccc2[nH]1)NCCc1ccc(Cl)nc1. The molecule has 1 aromatic carbocycles. The molecule has 0 saturated carbocycles. The standard InChI is InChI=1S/C19H22ClN5/c1-2-21-19(22-10-9-14-7-8-18(20)23-12-14)24-13-16-11-15-5-3-4-6-17(15)25-16/h3-8,11-12,25H,2,9-10,13H2,1H3,(H2,21,22,24). The molecule has 0 aliphatic carbocycles. The molecule has 3 N–H and O–H groups in total. The number of benzene rings is 1. The molecule has 0 unspecified atom stereocenters. The average Bonchev–Trinajstić information content (AvgIpc) is 3.04. The highest BCUT2D eigenvalue weighted by Gasteiger charge is 2.02. The number of H-pyrrole nitrogens is 1. The van der Waals surface area contributed by atoms with E-state index in [-0.39, 0.29) is 0 Å². The molecule has 0 aliphatic heterocycles. The van der Waals surface area contributed by atoms with Crippen LogP contribution in [0.4, 0.5) is 0 Å². The van der Waals surface area contributed by atoms with Gasteiger partial charge in [-0.15, -0.1) is 0 Å². The van der Waals surface area contributed by atoms with Crippen LogP contribution in [-0.2, 0) is 13.0 Å². The van der Waals surface area contributed by atoms with Crippen LogP contribution in [0.1, 0.15) is 18.2 Å². The van der Waals surface area contributed by atoms with Gasteiger partial charge in [-0.2, -0.15) is 0 Å². The molecule has 2 heterocycles. The maximum Gasteiger partial charge on any atom is 0.191 e. The van der Waals surface area contributed by atoms with Crippen LogP contribution in [-0.4, -0.2) is 29.0 Å². The summed E-state index contributed by atoms with van der Waals surface area (Å²) in [5, 5.41) is 8.35. The van der Waals surface area contributed by atoms with Gasteiger partial charge in [-0.25, -0.2) is 9.98 Å². The van der Waals surface area contributed by atoms with Gasteiger partial charge in [0.15, 0.2) is 5.96 Å². The number of halogens is 1. The lowest BCUT2D eigenvalue weighted by Gasteiger charge is -2.11.